The Morgan fingerprint density at radius 3 is 2.52 bits per heavy atom. The molecule has 3 nitrogen and oxygen atoms in total. The van der Waals surface area contributed by atoms with Gasteiger partial charge in [0.05, 0.1) is 6.04 Å². The number of hydrogen-bond acceptors (Lipinski definition) is 2. The molecule has 2 aromatic carbocycles. The monoisotopic (exact) mass is 360 g/mol. The summed E-state index contributed by atoms with van der Waals surface area (Å²) >= 11 is 0. The predicted molar refractivity (Wildman–Crippen MR) is 110 cm³/mol. The number of aryl methyl sites for hydroxylation is 1. The van der Waals surface area contributed by atoms with Gasteiger partial charge in [0.25, 0.3) is 0 Å². The van der Waals surface area contributed by atoms with Gasteiger partial charge < -0.3 is 4.90 Å². The zero-order valence-corrected chi connectivity index (χ0v) is 16.2. The van der Waals surface area contributed by atoms with Gasteiger partial charge in [0.15, 0.2) is 0 Å². The van der Waals surface area contributed by atoms with Crippen molar-refractivity contribution in [2.45, 2.75) is 19.9 Å². The van der Waals surface area contributed by atoms with Gasteiger partial charge in [0.1, 0.15) is 0 Å². The number of rotatable bonds is 4. The van der Waals surface area contributed by atoms with Crippen molar-refractivity contribution in [3.63, 3.8) is 0 Å². The van der Waals surface area contributed by atoms with Crippen LogP contribution < -0.4 is 0 Å². The molecule has 0 saturated carbocycles. The molecular weight excluding hydrogens is 332 g/mol. The summed E-state index contributed by atoms with van der Waals surface area (Å²) in [6.45, 7) is 7.88. The zero-order valence-electron chi connectivity index (χ0n) is 16.2. The molecule has 3 heteroatoms. The first-order chi connectivity index (χ1) is 13.1. The summed E-state index contributed by atoms with van der Waals surface area (Å²) in [4.78, 5) is 16.9. The molecule has 0 bridgehead atoms. The van der Waals surface area contributed by atoms with E-state index in [1.165, 1.54) is 16.7 Å². The fourth-order valence-electron chi connectivity index (χ4n) is 4.83. The second-order valence-corrected chi connectivity index (χ2v) is 7.93. The van der Waals surface area contributed by atoms with Gasteiger partial charge in [-0.2, -0.15) is 0 Å². The quantitative estimate of drug-likeness (QED) is 0.817. The van der Waals surface area contributed by atoms with Gasteiger partial charge in [-0.3, -0.25) is 9.69 Å². The molecule has 0 aromatic heterocycles. The molecule has 0 unspecified atom stereocenters. The van der Waals surface area contributed by atoms with Gasteiger partial charge in [-0.05, 0) is 29.5 Å². The van der Waals surface area contributed by atoms with Crippen LogP contribution in [0.4, 0.5) is 0 Å². The molecule has 2 aromatic rings. The Morgan fingerprint density at radius 1 is 1.04 bits per heavy atom. The molecule has 2 fully saturated rings. The number of fused-ring (bicyclic) bond motifs is 1. The second kappa shape index (κ2) is 7.69. The van der Waals surface area contributed by atoms with E-state index in [2.05, 4.69) is 77.4 Å². The molecule has 0 aliphatic carbocycles. The first kappa shape index (κ1) is 18.0. The molecule has 3 atom stereocenters. The van der Waals surface area contributed by atoms with Crippen molar-refractivity contribution in [2.75, 3.05) is 26.2 Å². The van der Waals surface area contributed by atoms with Gasteiger partial charge in [0.2, 0.25) is 5.91 Å². The number of nitrogens with zero attached hydrogens (tertiary/aromatic N) is 2. The average Bonchev–Trinajstić information content (AvgIpc) is 3.21. The maximum absolute atomic E-state index is 12.3. The molecule has 2 heterocycles. The number of hydrogen-bond donors (Lipinski definition) is 0. The third kappa shape index (κ3) is 3.70. The smallest absolute Gasteiger partial charge is 0.219 e. The van der Waals surface area contributed by atoms with Crippen LogP contribution in [0.5, 0.6) is 0 Å². The minimum atomic E-state index is 0.202. The van der Waals surface area contributed by atoms with Gasteiger partial charge in [-0.25, -0.2) is 0 Å². The minimum absolute atomic E-state index is 0.202. The number of carbonyl (C=O) groups excluding carboxylic acids is 1. The fraction of sp³-hybridized carbons (Fsp3) is 0.375. The van der Waals surface area contributed by atoms with Gasteiger partial charge in [-0.1, -0.05) is 66.7 Å². The van der Waals surface area contributed by atoms with E-state index in [4.69, 9.17) is 0 Å². The summed E-state index contributed by atoms with van der Waals surface area (Å²) < 4.78 is 0. The highest BCUT2D eigenvalue weighted by Crippen LogP contribution is 2.45. The van der Waals surface area contributed by atoms with Crippen molar-refractivity contribution < 1.29 is 4.79 Å². The lowest BCUT2D eigenvalue weighted by molar-refractivity contribution is -0.130. The summed E-state index contributed by atoms with van der Waals surface area (Å²) in [6, 6.07) is 19.2. The standard InChI is InChI=1S/C24H28N2O/c1-18-9-6-7-13-22(18)24-23-17-25(15-21(23)16-26(24)19(2)27)14-8-12-20-10-4-3-5-11-20/h3-13,21,23-24H,14-17H2,1-2H3/t21-,23-,24-/m1/s1. The molecule has 140 valence electrons. The largest absolute Gasteiger partial charge is 0.335 e. The molecule has 0 spiro atoms. The van der Waals surface area contributed by atoms with Crippen LogP contribution in [0.15, 0.2) is 60.7 Å². The Hall–Kier alpha value is -2.39. The van der Waals surface area contributed by atoms with Crippen LogP contribution in [0, 0.1) is 18.8 Å². The first-order valence-corrected chi connectivity index (χ1v) is 9.90. The molecule has 2 aliphatic rings. The van der Waals surface area contributed by atoms with Crippen LogP contribution in [-0.4, -0.2) is 41.9 Å². The van der Waals surface area contributed by atoms with E-state index >= 15 is 0 Å². The number of likely N-dealkylation sites (tertiary alicyclic amines) is 2. The normalized spacial score (nSPS) is 25.3. The van der Waals surface area contributed by atoms with Crippen molar-refractivity contribution in [3.05, 3.63) is 77.4 Å². The van der Waals surface area contributed by atoms with Crippen LogP contribution in [0.3, 0.4) is 0 Å². The summed E-state index contributed by atoms with van der Waals surface area (Å²) in [7, 11) is 0. The molecule has 0 N–H and O–H groups in total. The van der Waals surface area contributed by atoms with Crippen LogP contribution >= 0.6 is 0 Å². The lowest BCUT2D eigenvalue weighted by atomic mass is 9.87. The summed E-state index contributed by atoms with van der Waals surface area (Å²) in [6.07, 6.45) is 4.47. The molecule has 4 rings (SSSR count). The van der Waals surface area contributed by atoms with Gasteiger partial charge in [-0.15, -0.1) is 0 Å². The molecule has 2 aliphatic heterocycles. The van der Waals surface area contributed by atoms with E-state index in [1.54, 1.807) is 6.92 Å². The Morgan fingerprint density at radius 2 is 1.78 bits per heavy atom. The summed E-state index contributed by atoms with van der Waals surface area (Å²) in [5.41, 5.74) is 3.86. The summed E-state index contributed by atoms with van der Waals surface area (Å²) in [5.74, 6) is 1.30. The molecular formula is C24H28N2O. The highest BCUT2D eigenvalue weighted by atomic mass is 16.2. The van der Waals surface area contributed by atoms with Gasteiger partial charge >= 0.3 is 0 Å². The maximum atomic E-state index is 12.3. The van der Waals surface area contributed by atoms with Crippen molar-refractivity contribution in [2.24, 2.45) is 11.8 Å². The third-order valence-corrected chi connectivity index (χ3v) is 6.12. The maximum Gasteiger partial charge on any atom is 0.219 e. The van der Waals surface area contributed by atoms with Gasteiger partial charge in [0, 0.05) is 39.0 Å². The van der Waals surface area contributed by atoms with E-state index in [9.17, 15) is 4.79 Å². The van der Waals surface area contributed by atoms with E-state index in [1.807, 2.05) is 6.07 Å². The second-order valence-electron chi connectivity index (χ2n) is 7.93. The Balaban J connectivity index is 1.48. The first-order valence-electron chi connectivity index (χ1n) is 9.90. The molecule has 2 saturated heterocycles. The Kier molecular flexibility index (Phi) is 5.13. The van der Waals surface area contributed by atoms with Crippen LogP contribution in [0.1, 0.15) is 29.7 Å². The number of carbonyl (C=O) groups is 1. The highest BCUT2D eigenvalue weighted by molar-refractivity contribution is 5.74. The topological polar surface area (TPSA) is 23.6 Å². The molecule has 27 heavy (non-hydrogen) atoms. The fourth-order valence-corrected chi connectivity index (χ4v) is 4.83. The Bertz CT molecular complexity index is 829. The van der Waals surface area contributed by atoms with Crippen LogP contribution in [0.2, 0.25) is 0 Å². The van der Waals surface area contributed by atoms with Crippen molar-refractivity contribution in [3.8, 4) is 0 Å². The third-order valence-electron chi connectivity index (χ3n) is 6.12. The van der Waals surface area contributed by atoms with E-state index < -0.39 is 0 Å². The lowest BCUT2D eigenvalue weighted by Crippen LogP contribution is -2.34. The van der Waals surface area contributed by atoms with E-state index in [0.29, 0.717) is 11.8 Å². The van der Waals surface area contributed by atoms with Crippen LogP contribution in [-0.2, 0) is 4.79 Å². The van der Waals surface area contributed by atoms with E-state index in [-0.39, 0.29) is 11.9 Å². The molecule has 1 amide bonds. The lowest BCUT2D eigenvalue weighted by Gasteiger charge is -2.30. The molecule has 0 radical (unpaired) electrons. The highest BCUT2D eigenvalue weighted by Gasteiger charge is 2.48. The van der Waals surface area contributed by atoms with Crippen molar-refractivity contribution in [1.29, 1.82) is 0 Å². The Labute approximate surface area is 162 Å². The minimum Gasteiger partial charge on any atom is -0.335 e. The predicted octanol–water partition coefficient (Wildman–Crippen LogP) is 4.16. The SMILES string of the molecule is CC(=O)N1C[C@H]2CN(CC=Cc3ccccc3)C[C@H]2[C@H]1c1ccccc1C. The average molecular weight is 361 g/mol. The van der Waals surface area contributed by atoms with E-state index in [0.717, 1.165) is 26.2 Å². The van der Waals surface area contributed by atoms with Crippen LogP contribution in [0.25, 0.3) is 6.08 Å². The van der Waals surface area contributed by atoms with Crippen molar-refractivity contribution >= 4 is 12.0 Å². The number of amides is 1. The summed E-state index contributed by atoms with van der Waals surface area (Å²) in [5, 5.41) is 0. The zero-order chi connectivity index (χ0) is 18.8. The van der Waals surface area contributed by atoms with Crippen molar-refractivity contribution in [1.82, 2.24) is 9.80 Å². The number of benzene rings is 2.